The highest BCUT2D eigenvalue weighted by Gasteiger charge is 2.18. The first-order chi connectivity index (χ1) is 13.0. The van der Waals surface area contributed by atoms with E-state index in [1.54, 1.807) is 18.2 Å². The van der Waals surface area contributed by atoms with Crippen molar-refractivity contribution in [2.75, 3.05) is 29.1 Å². The number of aromatic nitrogens is 2. The van der Waals surface area contributed by atoms with Crippen LogP contribution in [0.2, 0.25) is 0 Å². The Morgan fingerprint density at radius 3 is 2.96 bits per heavy atom. The average molecular weight is 364 g/mol. The van der Waals surface area contributed by atoms with Gasteiger partial charge in [-0.25, -0.2) is 4.98 Å². The van der Waals surface area contributed by atoms with E-state index in [0.717, 1.165) is 16.7 Å². The average Bonchev–Trinajstić information content (AvgIpc) is 3.02. The first kappa shape index (κ1) is 17.0. The van der Waals surface area contributed by atoms with Crippen molar-refractivity contribution in [3.8, 4) is 0 Å². The van der Waals surface area contributed by atoms with Gasteiger partial charge in [-0.1, -0.05) is 0 Å². The third kappa shape index (κ3) is 3.34. The molecule has 0 bridgehead atoms. The fourth-order valence-electron chi connectivity index (χ4n) is 3.15. The number of hydrogen-bond acceptors (Lipinski definition) is 5. The number of H-pyrrole nitrogens is 1. The zero-order chi connectivity index (χ0) is 19.0. The van der Waals surface area contributed by atoms with Gasteiger partial charge in [-0.2, -0.15) is 0 Å². The highest BCUT2D eigenvalue weighted by atomic mass is 16.2. The molecular weight excluding hydrogens is 344 g/mol. The molecule has 1 aliphatic heterocycles. The van der Waals surface area contributed by atoms with Crippen LogP contribution in [0.1, 0.15) is 22.6 Å². The lowest BCUT2D eigenvalue weighted by Crippen LogP contribution is -2.18. The summed E-state index contributed by atoms with van der Waals surface area (Å²) in [5.41, 5.74) is 9.86. The molecule has 0 saturated heterocycles. The van der Waals surface area contributed by atoms with Gasteiger partial charge in [-0.3, -0.25) is 9.59 Å². The van der Waals surface area contributed by atoms with Gasteiger partial charge in [0, 0.05) is 31.3 Å². The van der Waals surface area contributed by atoms with Crippen LogP contribution in [0, 0.1) is 0 Å². The van der Waals surface area contributed by atoms with Gasteiger partial charge >= 0.3 is 0 Å². The molecule has 3 aromatic rings. The summed E-state index contributed by atoms with van der Waals surface area (Å²) >= 11 is 0. The van der Waals surface area contributed by atoms with Gasteiger partial charge in [0.15, 0.2) is 0 Å². The lowest BCUT2D eigenvalue weighted by atomic mass is 10.1. The Balaban J connectivity index is 1.59. The van der Waals surface area contributed by atoms with Crippen LogP contribution >= 0.6 is 0 Å². The van der Waals surface area contributed by atoms with Crippen LogP contribution in [0.4, 0.5) is 17.1 Å². The fourth-order valence-corrected chi connectivity index (χ4v) is 3.15. The highest BCUT2D eigenvalue weighted by Crippen LogP contribution is 2.29. The molecule has 8 nitrogen and oxygen atoms in total. The zero-order valence-corrected chi connectivity index (χ0v) is 14.9. The maximum Gasteiger partial charge on any atom is 0.255 e. The first-order valence-electron chi connectivity index (χ1n) is 8.68. The van der Waals surface area contributed by atoms with Crippen molar-refractivity contribution in [3.05, 3.63) is 47.8 Å². The van der Waals surface area contributed by atoms with Gasteiger partial charge in [0.1, 0.15) is 5.82 Å². The quantitative estimate of drug-likeness (QED) is 0.568. The van der Waals surface area contributed by atoms with Gasteiger partial charge in [-0.15, -0.1) is 0 Å². The minimum atomic E-state index is -0.253. The molecule has 27 heavy (non-hydrogen) atoms. The SMILES string of the molecule is CN1CCC(=O)Nc2cc(C(=O)Nc3ccc4nc(CN)[nH]c4c3)ccc21. The predicted molar refractivity (Wildman–Crippen MR) is 105 cm³/mol. The summed E-state index contributed by atoms with van der Waals surface area (Å²) in [5, 5.41) is 5.74. The molecule has 0 fully saturated rings. The number of nitrogens with zero attached hydrogens (tertiary/aromatic N) is 2. The largest absolute Gasteiger partial charge is 0.372 e. The number of carbonyl (C=O) groups is 2. The van der Waals surface area contributed by atoms with Crippen molar-refractivity contribution in [1.29, 1.82) is 0 Å². The molecule has 1 aliphatic rings. The molecular formula is C19H20N6O2. The van der Waals surface area contributed by atoms with Crippen molar-refractivity contribution in [2.45, 2.75) is 13.0 Å². The number of aromatic amines is 1. The van der Waals surface area contributed by atoms with E-state index in [1.165, 1.54) is 0 Å². The number of carbonyl (C=O) groups excluding carboxylic acids is 2. The second kappa shape index (κ2) is 6.73. The van der Waals surface area contributed by atoms with Crippen LogP contribution in [-0.2, 0) is 11.3 Å². The maximum atomic E-state index is 12.7. The second-order valence-corrected chi connectivity index (χ2v) is 6.53. The third-order valence-electron chi connectivity index (χ3n) is 4.60. The molecule has 0 spiro atoms. The van der Waals surface area contributed by atoms with Crippen molar-refractivity contribution >= 4 is 39.9 Å². The lowest BCUT2D eigenvalue weighted by Gasteiger charge is -2.18. The van der Waals surface area contributed by atoms with Crippen molar-refractivity contribution < 1.29 is 9.59 Å². The van der Waals surface area contributed by atoms with Crippen LogP contribution in [0.5, 0.6) is 0 Å². The van der Waals surface area contributed by atoms with E-state index < -0.39 is 0 Å². The molecule has 2 amide bonds. The Bertz CT molecular complexity index is 1040. The topological polar surface area (TPSA) is 116 Å². The van der Waals surface area contributed by atoms with Crippen LogP contribution in [0.25, 0.3) is 11.0 Å². The third-order valence-corrected chi connectivity index (χ3v) is 4.60. The maximum absolute atomic E-state index is 12.7. The van der Waals surface area contributed by atoms with E-state index in [-0.39, 0.29) is 11.8 Å². The minimum absolute atomic E-state index is 0.0569. The van der Waals surface area contributed by atoms with Gasteiger partial charge in [0.05, 0.1) is 29.0 Å². The Labute approximate surface area is 155 Å². The molecule has 0 saturated carbocycles. The first-order valence-corrected chi connectivity index (χ1v) is 8.68. The Kier molecular flexibility index (Phi) is 4.25. The molecule has 0 aliphatic carbocycles. The Hall–Kier alpha value is -3.39. The van der Waals surface area contributed by atoms with E-state index in [2.05, 4.69) is 20.6 Å². The van der Waals surface area contributed by atoms with Gasteiger partial charge in [0.25, 0.3) is 5.91 Å². The summed E-state index contributed by atoms with van der Waals surface area (Å²) < 4.78 is 0. The number of benzene rings is 2. The molecule has 5 N–H and O–H groups in total. The summed E-state index contributed by atoms with van der Waals surface area (Å²) in [5.74, 6) is 0.384. The highest BCUT2D eigenvalue weighted by molar-refractivity contribution is 6.07. The number of rotatable bonds is 3. The van der Waals surface area contributed by atoms with Crippen LogP contribution in [0.3, 0.4) is 0 Å². The van der Waals surface area contributed by atoms with Crippen molar-refractivity contribution in [3.63, 3.8) is 0 Å². The summed E-state index contributed by atoms with van der Waals surface area (Å²) in [7, 11) is 1.92. The number of nitrogens with one attached hydrogen (secondary N) is 3. The molecule has 138 valence electrons. The monoisotopic (exact) mass is 364 g/mol. The number of imidazole rings is 1. The van der Waals surface area contributed by atoms with E-state index >= 15 is 0 Å². The van der Waals surface area contributed by atoms with Gasteiger partial charge < -0.3 is 26.3 Å². The van der Waals surface area contributed by atoms with Gasteiger partial charge in [-0.05, 0) is 36.4 Å². The van der Waals surface area contributed by atoms with E-state index in [9.17, 15) is 9.59 Å². The van der Waals surface area contributed by atoms with E-state index in [4.69, 9.17) is 5.73 Å². The molecule has 8 heteroatoms. The van der Waals surface area contributed by atoms with E-state index in [1.807, 2.05) is 30.1 Å². The minimum Gasteiger partial charge on any atom is -0.372 e. The number of amides is 2. The van der Waals surface area contributed by atoms with Crippen molar-refractivity contribution in [2.24, 2.45) is 5.73 Å². The summed E-state index contributed by atoms with van der Waals surface area (Å²) in [6.07, 6.45) is 0.418. The van der Waals surface area contributed by atoms with Crippen LogP contribution in [-0.4, -0.2) is 35.4 Å². The van der Waals surface area contributed by atoms with Gasteiger partial charge in [0.2, 0.25) is 5.91 Å². The number of hydrogen-bond donors (Lipinski definition) is 4. The zero-order valence-electron chi connectivity index (χ0n) is 14.9. The number of fused-ring (bicyclic) bond motifs is 2. The summed E-state index contributed by atoms with van der Waals surface area (Å²) in [6, 6.07) is 10.7. The smallest absolute Gasteiger partial charge is 0.255 e. The predicted octanol–water partition coefficient (Wildman–Crippen LogP) is 2.05. The van der Waals surface area contributed by atoms with E-state index in [0.29, 0.717) is 42.3 Å². The Morgan fingerprint density at radius 1 is 1.30 bits per heavy atom. The second-order valence-electron chi connectivity index (χ2n) is 6.53. The molecule has 0 atom stereocenters. The number of nitrogens with two attached hydrogens (primary N) is 1. The number of anilines is 3. The van der Waals surface area contributed by atoms with Crippen molar-refractivity contribution in [1.82, 2.24) is 9.97 Å². The summed E-state index contributed by atoms with van der Waals surface area (Å²) in [6.45, 7) is 0.963. The molecule has 2 heterocycles. The standard InChI is InChI=1S/C19H20N6O2/c1-25-7-6-18(26)24-15-8-11(2-5-16(15)25)19(27)21-12-3-4-13-14(9-12)23-17(10-20)22-13/h2-5,8-9H,6-7,10,20H2,1H3,(H,21,27)(H,22,23)(H,24,26). The molecule has 0 radical (unpaired) electrons. The summed E-state index contributed by atoms with van der Waals surface area (Å²) in [4.78, 5) is 34.0. The normalized spacial score (nSPS) is 13.9. The molecule has 4 rings (SSSR count). The molecule has 1 aromatic heterocycles. The van der Waals surface area contributed by atoms with Crippen LogP contribution < -0.4 is 21.3 Å². The molecule has 0 unspecified atom stereocenters. The molecule has 2 aromatic carbocycles. The van der Waals surface area contributed by atoms with Crippen LogP contribution in [0.15, 0.2) is 36.4 Å². The fraction of sp³-hybridized carbons (Fsp3) is 0.211. The lowest BCUT2D eigenvalue weighted by molar-refractivity contribution is -0.115. The Morgan fingerprint density at radius 2 is 2.15 bits per heavy atom.